The van der Waals surface area contributed by atoms with Gasteiger partial charge in [0.05, 0.1) is 4.92 Å². The van der Waals surface area contributed by atoms with Gasteiger partial charge in [-0.3, -0.25) is 10.1 Å². The van der Waals surface area contributed by atoms with Crippen LogP contribution in [0.5, 0.6) is 0 Å². The van der Waals surface area contributed by atoms with E-state index in [-0.39, 0.29) is 10.6 Å². The number of nitro benzene ring substituents is 1. The molecule has 0 unspecified atom stereocenters. The molecule has 120 valence electrons. The minimum absolute atomic E-state index is 0.153. The molecule has 1 saturated carbocycles. The zero-order chi connectivity index (χ0) is 16.8. The van der Waals surface area contributed by atoms with Crippen LogP contribution >= 0.6 is 0 Å². The highest BCUT2D eigenvalue weighted by Crippen LogP contribution is 2.27. The minimum Gasteiger partial charge on any atom is -0.399 e. The maximum atomic E-state index is 10.4. The van der Waals surface area contributed by atoms with Crippen LogP contribution in [0.15, 0.2) is 48.0 Å². The number of nitro groups is 1. The monoisotopic (exact) mass is 310 g/mol. The number of hydrogen-bond donors (Lipinski definition) is 1. The predicted molar refractivity (Wildman–Crippen MR) is 95.3 cm³/mol. The molecule has 2 N–H and O–H groups in total. The van der Waals surface area contributed by atoms with Gasteiger partial charge in [0.1, 0.15) is 0 Å². The first-order valence-corrected chi connectivity index (χ1v) is 7.72. The summed E-state index contributed by atoms with van der Waals surface area (Å²) in [5.41, 5.74) is 11.5. The highest BCUT2D eigenvalue weighted by Gasteiger charge is 2.08. The molecule has 0 aromatic heterocycles. The van der Waals surface area contributed by atoms with Crippen LogP contribution in [0.25, 0.3) is 6.08 Å². The fourth-order valence-electron chi connectivity index (χ4n) is 2.46. The van der Waals surface area contributed by atoms with Gasteiger partial charge in [-0.05, 0) is 74.1 Å². The third kappa shape index (κ3) is 5.25. The maximum Gasteiger partial charge on any atom is 0.269 e. The van der Waals surface area contributed by atoms with Crippen molar-refractivity contribution < 1.29 is 4.92 Å². The lowest BCUT2D eigenvalue weighted by atomic mass is 9.91. The number of nitrogens with two attached hydrogens (primary N) is 1. The Morgan fingerprint density at radius 1 is 1.04 bits per heavy atom. The summed E-state index contributed by atoms with van der Waals surface area (Å²) in [5.74, 6) is 0. The van der Waals surface area contributed by atoms with Crippen molar-refractivity contribution >= 4 is 17.5 Å². The minimum atomic E-state index is -0.375. The highest BCUT2D eigenvalue weighted by molar-refractivity contribution is 5.55. The van der Waals surface area contributed by atoms with Gasteiger partial charge in [0, 0.05) is 17.8 Å². The second-order valence-electron chi connectivity index (χ2n) is 5.93. The molecule has 0 heterocycles. The van der Waals surface area contributed by atoms with E-state index in [1.165, 1.54) is 36.0 Å². The Bertz CT molecular complexity index is 662. The van der Waals surface area contributed by atoms with Crippen molar-refractivity contribution in [2.75, 3.05) is 5.73 Å². The summed E-state index contributed by atoms with van der Waals surface area (Å²) >= 11 is 0. The van der Waals surface area contributed by atoms with E-state index in [1.54, 1.807) is 24.3 Å². The topological polar surface area (TPSA) is 69.2 Å². The molecule has 23 heavy (non-hydrogen) atoms. The summed E-state index contributed by atoms with van der Waals surface area (Å²) < 4.78 is 0. The fraction of sp³-hybridized carbons (Fsp3) is 0.263. The Kier molecular flexibility index (Phi) is 5.52. The van der Waals surface area contributed by atoms with Crippen LogP contribution in [0.1, 0.15) is 36.0 Å². The third-order valence-corrected chi connectivity index (χ3v) is 3.71. The number of rotatable bonds is 2. The molecule has 0 aliphatic heterocycles. The van der Waals surface area contributed by atoms with E-state index in [0.29, 0.717) is 0 Å². The van der Waals surface area contributed by atoms with Crippen LogP contribution in [0.2, 0.25) is 0 Å². The zero-order valence-electron chi connectivity index (χ0n) is 13.6. The number of anilines is 1. The van der Waals surface area contributed by atoms with Gasteiger partial charge in [0.25, 0.3) is 5.69 Å². The van der Waals surface area contributed by atoms with Gasteiger partial charge in [-0.15, -0.1) is 0 Å². The van der Waals surface area contributed by atoms with E-state index in [1.807, 2.05) is 26.0 Å². The molecule has 4 heteroatoms. The molecule has 1 aliphatic carbocycles. The average molecular weight is 310 g/mol. The summed E-state index contributed by atoms with van der Waals surface area (Å²) in [6.07, 6.45) is 5.75. The first-order chi connectivity index (χ1) is 10.9. The smallest absolute Gasteiger partial charge is 0.269 e. The van der Waals surface area contributed by atoms with E-state index >= 15 is 0 Å². The molecule has 4 nitrogen and oxygen atoms in total. The number of hydrogen-bond acceptors (Lipinski definition) is 3. The van der Waals surface area contributed by atoms with Gasteiger partial charge in [-0.1, -0.05) is 17.7 Å². The van der Waals surface area contributed by atoms with E-state index in [4.69, 9.17) is 5.73 Å². The van der Waals surface area contributed by atoms with Crippen LogP contribution in [-0.2, 0) is 0 Å². The second kappa shape index (κ2) is 7.58. The van der Waals surface area contributed by atoms with Gasteiger partial charge in [-0.2, -0.15) is 0 Å². The van der Waals surface area contributed by atoms with Crippen molar-refractivity contribution in [3.8, 4) is 0 Å². The molecule has 0 atom stereocenters. The Morgan fingerprint density at radius 2 is 1.61 bits per heavy atom. The molecule has 3 rings (SSSR count). The first kappa shape index (κ1) is 16.7. The van der Waals surface area contributed by atoms with Gasteiger partial charge in [0.15, 0.2) is 0 Å². The normalized spacial score (nSPS) is 12.7. The summed E-state index contributed by atoms with van der Waals surface area (Å²) in [7, 11) is 0. The molecule has 2 aromatic rings. The summed E-state index contributed by atoms with van der Waals surface area (Å²) in [5, 5.41) is 10.4. The average Bonchev–Trinajstić information content (AvgIpc) is 2.42. The summed E-state index contributed by atoms with van der Waals surface area (Å²) in [6, 6.07) is 12.7. The Labute approximate surface area is 136 Å². The quantitative estimate of drug-likeness (QED) is 0.479. The molecule has 1 aliphatic rings. The molecule has 0 saturated heterocycles. The van der Waals surface area contributed by atoms with Crippen molar-refractivity contribution in [3.63, 3.8) is 0 Å². The van der Waals surface area contributed by atoms with Crippen molar-refractivity contribution in [2.45, 2.75) is 33.1 Å². The van der Waals surface area contributed by atoms with Crippen molar-refractivity contribution in [2.24, 2.45) is 0 Å². The summed E-state index contributed by atoms with van der Waals surface area (Å²) in [6.45, 7) is 4.09. The standard InChI is InChI=1S/C11H11NO2.C8H11N/c13-12(14)11-6-4-10(5-7-11)8-9-2-1-3-9;1-6-3-7(2)5-8(9)4-6/h4-8H,1-3H2;3-5H,9H2,1-2H3. The lowest BCUT2D eigenvalue weighted by molar-refractivity contribution is -0.384. The number of non-ortho nitro benzene ring substituents is 1. The number of nitrogen functional groups attached to an aromatic ring is 1. The van der Waals surface area contributed by atoms with Crippen LogP contribution in [0, 0.1) is 24.0 Å². The molecule has 0 radical (unpaired) electrons. The SMILES string of the molecule is Cc1cc(C)cc(N)c1.O=[N+]([O-])c1ccc(C=C2CCC2)cc1. The molecular formula is C19H22N2O2. The fourth-order valence-corrected chi connectivity index (χ4v) is 2.46. The lowest BCUT2D eigenvalue weighted by Gasteiger charge is -2.15. The third-order valence-electron chi connectivity index (χ3n) is 3.71. The number of nitrogens with zero attached hydrogens (tertiary/aromatic N) is 1. The Morgan fingerprint density at radius 3 is 2.00 bits per heavy atom. The number of allylic oxidation sites excluding steroid dienone is 1. The highest BCUT2D eigenvalue weighted by atomic mass is 16.6. The second-order valence-corrected chi connectivity index (χ2v) is 5.93. The van der Waals surface area contributed by atoms with Crippen molar-refractivity contribution in [1.29, 1.82) is 0 Å². The molecule has 0 amide bonds. The molecule has 2 aromatic carbocycles. The van der Waals surface area contributed by atoms with Crippen LogP contribution in [0.3, 0.4) is 0 Å². The van der Waals surface area contributed by atoms with Gasteiger partial charge < -0.3 is 5.73 Å². The van der Waals surface area contributed by atoms with E-state index in [0.717, 1.165) is 11.3 Å². The maximum absolute atomic E-state index is 10.4. The van der Waals surface area contributed by atoms with E-state index < -0.39 is 0 Å². The van der Waals surface area contributed by atoms with Gasteiger partial charge in [0.2, 0.25) is 0 Å². The molecule has 1 fully saturated rings. The van der Waals surface area contributed by atoms with Crippen molar-refractivity contribution in [1.82, 2.24) is 0 Å². The summed E-state index contributed by atoms with van der Waals surface area (Å²) in [4.78, 5) is 10.0. The van der Waals surface area contributed by atoms with E-state index in [9.17, 15) is 10.1 Å². The van der Waals surface area contributed by atoms with Crippen LogP contribution in [0.4, 0.5) is 11.4 Å². The number of aryl methyl sites for hydroxylation is 2. The predicted octanol–water partition coefficient (Wildman–Crippen LogP) is 5.05. The zero-order valence-corrected chi connectivity index (χ0v) is 13.6. The molecule has 0 bridgehead atoms. The first-order valence-electron chi connectivity index (χ1n) is 7.72. The Hall–Kier alpha value is -2.62. The van der Waals surface area contributed by atoms with Gasteiger partial charge in [-0.25, -0.2) is 0 Å². The number of benzene rings is 2. The van der Waals surface area contributed by atoms with E-state index in [2.05, 4.69) is 12.1 Å². The Balaban J connectivity index is 0.000000185. The lowest BCUT2D eigenvalue weighted by Crippen LogP contribution is -1.95. The van der Waals surface area contributed by atoms with Crippen LogP contribution < -0.4 is 5.73 Å². The van der Waals surface area contributed by atoms with Crippen LogP contribution in [-0.4, -0.2) is 4.92 Å². The largest absolute Gasteiger partial charge is 0.399 e. The molecular weight excluding hydrogens is 288 g/mol. The van der Waals surface area contributed by atoms with Gasteiger partial charge >= 0.3 is 0 Å². The molecule has 0 spiro atoms. The van der Waals surface area contributed by atoms with Crippen molar-refractivity contribution in [3.05, 3.63) is 74.8 Å².